The van der Waals surface area contributed by atoms with Gasteiger partial charge in [-0.1, -0.05) is 18.2 Å². The number of hydrogen-bond acceptors (Lipinski definition) is 4. The molecule has 1 aromatic carbocycles. The highest BCUT2D eigenvalue weighted by Gasteiger charge is 2.22. The Morgan fingerprint density at radius 2 is 1.68 bits per heavy atom. The van der Waals surface area contributed by atoms with Crippen molar-refractivity contribution in [3.63, 3.8) is 0 Å². The van der Waals surface area contributed by atoms with Gasteiger partial charge in [0, 0.05) is 31.9 Å². The van der Waals surface area contributed by atoms with E-state index < -0.39 is 6.03 Å². The van der Waals surface area contributed by atoms with E-state index in [2.05, 4.69) is 10.6 Å². The van der Waals surface area contributed by atoms with Gasteiger partial charge in [0.05, 0.1) is 13.1 Å². The molecule has 1 aliphatic heterocycles. The summed E-state index contributed by atoms with van der Waals surface area (Å²) in [5, 5.41) is 5.26. The van der Waals surface area contributed by atoms with Crippen LogP contribution < -0.4 is 16.4 Å². The molecule has 1 aromatic rings. The monoisotopic (exact) mass is 347 g/mol. The van der Waals surface area contributed by atoms with Crippen LogP contribution in [0.3, 0.4) is 0 Å². The fourth-order valence-electron chi connectivity index (χ4n) is 2.82. The molecule has 0 radical (unpaired) electrons. The van der Waals surface area contributed by atoms with Crippen LogP contribution in [-0.2, 0) is 9.59 Å². The lowest BCUT2D eigenvalue weighted by atomic mass is 10.1. The Morgan fingerprint density at radius 3 is 2.24 bits per heavy atom. The molecule has 0 aromatic heterocycles. The number of primary amides is 1. The molecule has 8 heteroatoms. The first-order valence-corrected chi connectivity index (χ1v) is 8.26. The van der Waals surface area contributed by atoms with E-state index in [1.54, 1.807) is 4.90 Å². The summed E-state index contributed by atoms with van der Waals surface area (Å²) in [7, 11) is 0. The van der Waals surface area contributed by atoms with Crippen LogP contribution in [0.1, 0.15) is 11.1 Å². The maximum atomic E-state index is 12.3. The van der Waals surface area contributed by atoms with Crippen LogP contribution in [0.4, 0.5) is 10.5 Å². The largest absolute Gasteiger partial charge is 0.352 e. The van der Waals surface area contributed by atoms with Crippen molar-refractivity contribution >= 4 is 23.5 Å². The summed E-state index contributed by atoms with van der Waals surface area (Å²) in [4.78, 5) is 38.5. The molecule has 8 nitrogen and oxygen atoms in total. The smallest absolute Gasteiger partial charge is 0.312 e. The molecule has 0 bridgehead atoms. The Bertz CT molecular complexity index is 633. The second kappa shape index (κ2) is 8.48. The number of anilines is 1. The summed E-state index contributed by atoms with van der Waals surface area (Å²) in [6.07, 6.45) is 0. The second-order valence-electron chi connectivity index (χ2n) is 6.19. The Balaban J connectivity index is 1.79. The van der Waals surface area contributed by atoms with E-state index in [-0.39, 0.29) is 24.9 Å². The van der Waals surface area contributed by atoms with E-state index in [1.807, 2.05) is 36.9 Å². The summed E-state index contributed by atoms with van der Waals surface area (Å²) < 4.78 is 0. The van der Waals surface area contributed by atoms with Crippen molar-refractivity contribution in [2.75, 3.05) is 44.6 Å². The third kappa shape index (κ3) is 5.46. The Hall–Kier alpha value is -2.61. The van der Waals surface area contributed by atoms with Crippen LogP contribution in [0.25, 0.3) is 0 Å². The van der Waals surface area contributed by atoms with Gasteiger partial charge in [-0.15, -0.1) is 0 Å². The number of carbonyl (C=O) groups is 3. The fraction of sp³-hybridized carbons (Fsp3) is 0.471. The number of piperazine rings is 1. The van der Waals surface area contributed by atoms with E-state index in [9.17, 15) is 14.4 Å². The van der Waals surface area contributed by atoms with Crippen molar-refractivity contribution < 1.29 is 14.4 Å². The number of nitrogens with one attached hydrogen (secondary N) is 2. The number of para-hydroxylation sites is 1. The summed E-state index contributed by atoms with van der Waals surface area (Å²) in [5.41, 5.74) is 7.88. The van der Waals surface area contributed by atoms with Crippen molar-refractivity contribution in [3.05, 3.63) is 29.3 Å². The summed E-state index contributed by atoms with van der Waals surface area (Å²) >= 11 is 0. The molecule has 25 heavy (non-hydrogen) atoms. The number of carbonyl (C=O) groups excluding carboxylic acids is 3. The lowest BCUT2D eigenvalue weighted by molar-refractivity contribution is -0.132. The maximum absolute atomic E-state index is 12.3. The summed E-state index contributed by atoms with van der Waals surface area (Å²) in [6.45, 7) is 6.40. The SMILES string of the molecule is Cc1cccc(C)c1NC(=O)CN1CCN(C(=O)CNC(N)=O)CC1. The maximum Gasteiger partial charge on any atom is 0.312 e. The average molecular weight is 347 g/mol. The number of urea groups is 1. The van der Waals surface area contributed by atoms with Gasteiger partial charge in [-0.3, -0.25) is 14.5 Å². The van der Waals surface area contributed by atoms with Gasteiger partial charge in [-0.05, 0) is 25.0 Å². The molecule has 0 spiro atoms. The van der Waals surface area contributed by atoms with Crippen LogP contribution in [0, 0.1) is 13.8 Å². The van der Waals surface area contributed by atoms with E-state index in [4.69, 9.17) is 5.73 Å². The predicted molar refractivity (Wildman–Crippen MR) is 95.2 cm³/mol. The van der Waals surface area contributed by atoms with Crippen molar-refractivity contribution in [1.82, 2.24) is 15.1 Å². The lowest BCUT2D eigenvalue weighted by Gasteiger charge is -2.34. The summed E-state index contributed by atoms with van der Waals surface area (Å²) in [5.74, 6) is -0.231. The Kier molecular flexibility index (Phi) is 6.35. The molecule has 1 fully saturated rings. The number of benzene rings is 1. The predicted octanol–water partition coefficient (Wildman–Crippen LogP) is 0.0544. The van der Waals surface area contributed by atoms with Crippen molar-refractivity contribution in [2.45, 2.75) is 13.8 Å². The minimum atomic E-state index is -0.713. The van der Waals surface area contributed by atoms with Crippen LogP contribution in [0.15, 0.2) is 18.2 Å². The number of nitrogens with zero attached hydrogens (tertiary/aromatic N) is 2. The first-order valence-electron chi connectivity index (χ1n) is 8.26. The molecule has 0 aliphatic carbocycles. The molecule has 4 N–H and O–H groups in total. The molecule has 136 valence electrons. The van der Waals surface area contributed by atoms with Crippen molar-refractivity contribution in [1.29, 1.82) is 0 Å². The third-order valence-electron chi connectivity index (χ3n) is 4.25. The molecule has 0 atom stereocenters. The zero-order chi connectivity index (χ0) is 18.4. The number of nitrogens with two attached hydrogens (primary N) is 1. The number of amides is 4. The molecule has 4 amide bonds. The van der Waals surface area contributed by atoms with Crippen LogP contribution >= 0.6 is 0 Å². The van der Waals surface area contributed by atoms with Gasteiger partial charge in [-0.25, -0.2) is 4.79 Å². The highest BCUT2D eigenvalue weighted by atomic mass is 16.2. The summed E-state index contributed by atoms with van der Waals surface area (Å²) in [6, 6.07) is 5.18. The van der Waals surface area contributed by atoms with Gasteiger partial charge in [0.25, 0.3) is 0 Å². The fourth-order valence-corrected chi connectivity index (χ4v) is 2.82. The Labute approximate surface area is 147 Å². The van der Waals surface area contributed by atoms with Crippen molar-refractivity contribution in [2.24, 2.45) is 5.73 Å². The third-order valence-corrected chi connectivity index (χ3v) is 4.25. The molecule has 2 rings (SSSR count). The molecular formula is C17H25N5O3. The van der Waals surface area contributed by atoms with Crippen molar-refractivity contribution in [3.8, 4) is 0 Å². The number of aryl methyl sites for hydroxylation is 2. The quantitative estimate of drug-likeness (QED) is 0.700. The molecule has 0 unspecified atom stereocenters. The van der Waals surface area contributed by atoms with E-state index >= 15 is 0 Å². The molecule has 0 saturated carbocycles. The van der Waals surface area contributed by atoms with Gasteiger partial charge >= 0.3 is 6.03 Å². The standard InChI is InChI=1S/C17H25N5O3/c1-12-4-3-5-13(2)16(12)20-14(23)11-21-6-8-22(9-7-21)15(24)10-19-17(18)25/h3-5H,6-11H2,1-2H3,(H,20,23)(H3,18,19,25). The first kappa shape index (κ1) is 18.7. The number of hydrogen-bond donors (Lipinski definition) is 3. The van der Waals surface area contributed by atoms with Gasteiger partial charge in [0.1, 0.15) is 0 Å². The normalized spacial score (nSPS) is 14.9. The average Bonchev–Trinajstić information content (AvgIpc) is 2.57. The molecule has 1 saturated heterocycles. The van der Waals surface area contributed by atoms with E-state index in [0.717, 1.165) is 16.8 Å². The zero-order valence-electron chi connectivity index (χ0n) is 14.7. The van der Waals surface area contributed by atoms with E-state index in [0.29, 0.717) is 26.2 Å². The van der Waals surface area contributed by atoms with Gasteiger partial charge in [-0.2, -0.15) is 0 Å². The van der Waals surface area contributed by atoms with Gasteiger partial charge in [0.15, 0.2) is 0 Å². The highest BCUT2D eigenvalue weighted by Crippen LogP contribution is 2.19. The van der Waals surface area contributed by atoms with Crippen LogP contribution in [0.5, 0.6) is 0 Å². The van der Waals surface area contributed by atoms with E-state index in [1.165, 1.54) is 0 Å². The first-order chi connectivity index (χ1) is 11.9. The van der Waals surface area contributed by atoms with Crippen LogP contribution in [0.2, 0.25) is 0 Å². The van der Waals surface area contributed by atoms with Gasteiger partial charge in [0.2, 0.25) is 11.8 Å². The zero-order valence-corrected chi connectivity index (χ0v) is 14.7. The Morgan fingerprint density at radius 1 is 1.08 bits per heavy atom. The second-order valence-corrected chi connectivity index (χ2v) is 6.19. The molecule has 1 aliphatic rings. The number of rotatable bonds is 5. The molecular weight excluding hydrogens is 322 g/mol. The lowest BCUT2D eigenvalue weighted by Crippen LogP contribution is -2.52. The minimum Gasteiger partial charge on any atom is -0.352 e. The minimum absolute atomic E-state index is 0.0624. The highest BCUT2D eigenvalue weighted by molar-refractivity contribution is 5.93. The molecule has 1 heterocycles. The van der Waals surface area contributed by atoms with Gasteiger partial charge < -0.3 is 21.3 Å². The van der Waals surface area contributed by atoms with Crippen LogP contribution in [-0.4, -0.2) is 66.9 Å². The topological polar surface area (TPSA) is 108 Å².